The van der Waals surface area contributed by atoms with Crippen LogP contribution < -0.4 is 5.43 Å². The fraction of sp³-hybridized carbons (Fsp3) is 0.115. The number of aromatic nitrogens is 5. The number of H-pyrrole nitrogens is 1. The van der Waals surface area contributed by atoms with Gasteiger partial charge in [-0.3, -0.25) is 15.0 Å². The summed E-state index contributed by atoms with van der Waals surface area (Å²) in [4.78, 5) is 21.1. The maximum atomic E-state index is 16.2. The van der Waals surface area contributed by atoms with Crippen LogP contribution >= 0.6 is 0 Å². The fourth-order valence-electron chi connectivity index (χ4n) is 4.48. The van der Waals surface area contributed by atoms with Crippen molar-refractivity contribution in [2.45, 2.75) is 20.4 Å². The third kappa shape index (κ3) is 3.23. The van der Waals surface area contributed by atoms with Crippen LogP contribution in [0.15, 0.2) is 66.4 Å². The number of aromatic amines is 1. The molecule has 5 heterocycles. The van der Waals surface area contributed by atoms with Gasteiger partial charge >= 0.3 is 0 Å². The Morgan fingerprint density at radius 3 is 2.65 bits per heavy atom. The van der Waals surface area contributed by atoms with Crippen molar-refractivity contribution < 1.29 is 4.39 Å². The molecule has 1 aliphatic heterocycles. The molecule has 34 heavy (non-hydrogen) atoms. The van der Waals surface area contributed by atoms with Gasteiger partial charge in [-0.2, -0.15) is 5.10 Å². The quantitative estimate of drug-likeness (QED) is 0.417. The summed E-state index contributed by atoms with van der Waals surface area (Å²) in [5.74, 6) is 0.145. The van der Waals surface area contributed by atoms with E-state index in [1.807, 2.05) is 44.2 Å². The average Bonchev–Trinajstić information content (AvgIpc) is 3.29. The summed E-state index contributed by atoms with van der Waals surface area (Å²) >= 11 is 0. The van der Waals surface area contributed by atoms with Gasteiger partial charge in [-0.15, -0.1) is 0 Å². The van der Waals surface area contributed by atoms with Crippen molar-refractivity contribution in [1.29, 1.82) is 0 Å². The SMILES string of the molecule is Cc1cncc(-c2c(C)cc3c(c2F)C(c2nc4c(-c5cccnc5)nccc4[nH]2)=NNC3)c1. The summed E-state index contributed by atoms with van der Waals surface area (Å²) in [7, 11) is 0. The normalized spacial score (nSPS) is 12.9. The first-order valence-corrected chi connectivity index (χ1v) is 10.9. The summed E-state index contributed by atoms with van der Waals surface area (Å²) in [6.07, 6.45) is 8.62. The Balaban J connectivity index is 1.53. The van der Waals surface area contributed by atoms with Gasteiger partial charge in [0.15, 0.2) is 5.82 Å². The fourth-order valence-corrected chi connectivity index (χ4v) is 4.48. The maximum Gasteiger partial charge on any atom is 0.159 e. The molecule has 0 atom stereocenters. The summed E-state index contributed by atoms with van der Waals surface area (Å²) in [6.45, 7) is 4.30. The van der Waals surface area contributed by atoms with E-state index < -0.39 is 0 Å². The van der Waals surface area contributed by atoms with Crippen LogP contribution in [-0.4, -0.2) is 30.6 Å². The summed E-state index contributed by atoms with van der Waals surface area (Å²) in [6, 6.07) is 9.58. The highest BCUT2D eigenvalue weighted by Gasteiger charge is 2.27. The first-order chi connectivity index (χ1) is 16.6. The van der Waals surface area contributed by atoms with Crippen molar-refractivity contribution >= 4 is 16.7 Å². The highest BCUT2D eigenvalue weighted by atomic mass is 19.1. The van der Waals surface area contributed by atoms with Crippen LogP contribution in [0.3, 0.4) is 0 Å². The number of hydrazone groups is 1. The molecule has 0 fully saturated rings. The predicted octanol–water partition coefficient (Wildman–Crippen LogP) is 4.69. The Labute approximate surface area is 194 Å². The van der Waals surface area contributed by atoms with Gasteiger partial charge in [0, 0.05) is 53.2 Å². The zero-order chi connectivity index (χ0) is 23.2. The molecule has 0 saturated heterocycles. The number of nitrogens with zero attached hydrogens (tertiary/aromatic N) is 5. The highest BCUT2D eigenvalue weighted by Crippen LogP contribution is 2.34. The molecule has 5 aromatic rings. The Hall–Kier alpha value is -4.46. The molecular weight excluding hydrogens is 429 g/mol. The molecule has 4 aromatic heterocycles. The third-order valence-electron chi connectivity index (χ3n) is 5.97. The lowest BCUT2D eigenvalue weighted by atomic mass is 9.91. The van der Waals surface area contributed by atoms with E-state index in [9.17, 15) is 0 Å². The summed E-state index contributed by atoms with van der Waals surface area (Å²) < 4.78 is 16.2. The van der Waals surface area contributed by atoms with E-state index >= 15 is 4.39 Å². The van der Waals surface area contributed by atoms with Gasteiger partial charge in [-0.25, -0.2) is 9.37 Å². The Kier molecular flexibility index (Phi) is 4.65. The molecule has 1 aliphatic rings. The number of hydrogen-bond acceptors (Lipinski definition) is 6. The molecule has 8 heteroatoms. The molecule has 0 aliphatic carbocycles. The van der Waals surface area contributed by atoms with Gasteiger partial charge in [0.2, 0.25) is 0 Å². The monoisotopic (exact) mass is 449 g/mol. The number of pyridine rings is 3. The third-order valence-corrected chi connectivity index (χ3v) is 5.97. The van der Waals surface area contributed by atoms with Gasteiger partial charge in [0.05, 0.1) is 17.8 Å². The van der Waals surface area contributed by atoms with Gasteiger partial charge in [0.25, 0.3) is 0 Å². The van der Waals surface area contributed by atoms with Crippen molar-refractivity contribution in [2.24, 2.45) is 5.10 Å². The second kappa shape index (κ2) is 7.84. The van der Waals surface area contributed by atoms with Crippen LogP contribution in [0.25, 0.3) is 33.4 Å². The number of rotatable bonds is 3. The maximum absolute atomic E-state index is 16.2. The van der Waals surface area contributed by atoms with Gasteiger partial charge in [0.1, 0.15) is 17.0 Å². The molecular formula is C26H20FN7. The molecule has 0 radical (unpaired) electrons. The molecule has 0 amide bonds. The largest absolute Gasteiger partial charge is 0.336 e. The zero-order valence-corrected chi connectivity index (χ0v) is 18.6. The lowest BCUT2D eigenvalue weighted by Crippen LogP contribution is -2.24. The van der Waals surface area contributed by atoms with E-state index in [0.717, 1.165) is 33.3 Å². The molecule has 0 spiro atoms. The van der Waals surface area contributed by atoms with Crippen LogP contribution in [0.2, 0.25) is 0 Å². The number of hydrogen-bond donors (Lipinski definition) is 2. The lowest BCUT2D eigenvalue weighted by molar-refractivity contribution is 0.615. The highest BCUT2D eigenvalue weighted by molar-refractivity contribution is 6.14. The smallest absolute Gasteiger partial charge is 0.159 e. The van der Waals surface area contributed by atoms with Crippen molar-refractivity contribution in [3.8, 4) is 22.4 Å². The number of fused-ring (bicyclic) bond motifs is 2. The van der Waals surface area contributed by atoms with Gasteiger partial charge in [-0.05, 0) is 54.8 Å². The molecule has 0 saturated carbocycles. The van der Waals surface area contributed by atoms with Crippen molar-refractivity contribution in [1.82, 2.24) is 30.3 Å². The average molecular weight is 449 g/mol. The van der Waals surface area contributed by atoms with E-state index in [1.54, 1.807) is 31.0 Å². The minimum Gasteiger partial charge on any atom is -0.336 e. The van der Waals surface area contributed by atoms with Crippen molar-refractivity contribution in [2.75, 3.05) is 0 Å². The number of benzene rings is 1. The van der Waals surface area contributed by atoms with E-state index in [4.69, 9.17) is 4.98 Å². The van der Waals surface area contributed by atoms with Crippen LogP contribution in [0, 0.1) is 19.7 Å². The first kappa shape index (κ1) is 20.2. The minimum atomic E-state index is -0.325. The molecule has 0 unspecified atom stereocenters. The molecule has 7 nitrogen and oxygen atoms in total. The molecule has 166 valence electrons. The predicted molar refractivity (Wildman–Crippen MR) is 129 cm³/mol. The van der Waals surface area contributed by atoms with E-state index in [1.165, 1.54) is 0 Å². The van der Waals surface area contributed by atoms with Gasteiger partial charge < -0.3 is 10.4 Å². The minimum absolute atomic E-state index is 0.325. The second-order valence-corrected chi connectivity index (χ2v) is 8.35. The van der Waals surface area contributed by atoms with Gasteiger partial charge in [-0.1, -0.05) is 6.07 Å². The topological polar surface area (TPSA) is 91.7 Å². The second-order valence-electron chi connectivity index (χ2n) is 8.35. The zero-order valence-electron chi connectivity index (χ0n) is 18.6. The summed E-state index contributed by atoms with van der Waals surface area (Å²) in [5.41, 5.74) is 10.8. The van der Waals surface area contributed by atoms with Crippen LogP contribution in [-0.2, 0) is 6.54 Å². The molecule has 2 N–H and O–H groups in total. The summed E-state index contributed by atoms with van der Waals surface area (Å²) in [5, 5.41) is 4.47. The Bertz CT molecular complexity index is 1590. The number of nitrogens with one attached hydrogen (secondary N) is 2. The van der Waals surface area contributed by atoms with Crippen molar-refractivity contribution in [3.63, 3.8) is 0 Å². The van der Waals surface area contributed by atoms with E-state index in [-0.39, 0.29) is 5.82 Å². The van der Waals surface area contributed by atoms with Crippen LogP contribution in [0.5, 0.6) is 0 Å². The van der Waals surface area contributed by atoms with Crippen molar-refractivity contribution in [3.05, 3.63) is 95.2 Å². The Morgan fingerprint density at radius 2 is 1.82 bits per heavy atom. The molecule has 1 aromatic carbocycles. The lowest BCUT2D eigenvalue weighted by Gasteiger charge is -2.21. The number of aryl methyl sites for hydroxylation is 2. The molecule has 6 rings (SSSR count). The Morgan fingerprint density at radius 1 is 0.941 bits per heavy atom. The van der Waals surface area contributed by atoms with Crippen LogP contribution in [0.1, 0.15) is 28.1 Å². The van der Waals surface area contributed by atoms with E-state index in [0.29, 0.717) is 40.4 Å². The standard InChI is InChI=1S/C26H20FN7/c1-14-8-17(12-29-10-14)20-15(2)9-18-13-31-34-25(21(18)22(20)27)26-32-19-5-7-30-23(24(19)33-26)16-4-3-6-28-11-16/h3-12,31H,13H2,1-2H3,(H,32,33). The first-order valence-electron chi connectivity index (χ1n) is 10.9. The number of halogens is 1. The van der Waals surface area contributed by atoms with E-state index in [2.05, 4.69) is 30.5 Å². The molecule has 0 bridgehead atoms. The number of imidazole rings is 1. The van der Waals surface area contributed by atoms with Crippen LogP contribution in [0.4, 0.5) is 4.39 Å².